The van der Waals surface area contributed by atoms with Crippen LogP contribution in [0.1, 0.15) is 31.9 Å². The maximum absolute atomic E-state index is 11.9. The van der Waals surface area contributed by atoms with E-state index in [4.69, 9.17) is 9.47 Å². The van der Waals surface area contributed by atoms with E-state index in [-0.39, 0.29) is 19.7 Å². The summed E-state index contributed by atoms with van der Waals surface area (Å²) in [7, 11) is 0. The SMILES string of the molecule is C=C(/C=C(C)\C(=C/C)N=O)CNC(=O)OC(C)COC(=O)NCc1ccc(N=O)c(C)c1. The van der Waals surface area contributed by atoms with Crippen molar-refractivity contribution >= 4 is 17.9 Å². The lowest BCUT2D eigenvalue weighted by Crippen LogP contribution is -2.33. The minimum absolute atomic E-state index is 0.109. The second kappa shape index (κ2) is 13.5. The Morgan fingerprint density at radius 1 is 1.22 bits per heavy atom. The maximum atomic E-state index is 11.9. The van der Waals surface area contributed by atoms with Gasteiger partial charge in [-0.15, -0.1) is 9.81 Å². The highest BCUT2D eigenvalue weighted by atomic mass is 16.6. The summed E-state index contributed by atoms with van der Waals surface area (Å²) in [5.41, 5.74) is 3.31. The number of amides is 2. The zero-order valence-corrected chi connectivity index (χ0v) is 18.6. The van der Waals surface area contributed by atoms with Gasteiger partial charge in [-0.2, -0.15) is 0 Å². The third-order valence-electron chi connectivity index (χ3n) is 4.21. The molecule has 0 aromatic heterocycles. The highest BCUT2D eigenvalue weighted by Crippen LogP contribution is 2.19. The van der Waals surface area contributed by atoms with Crippen molar-refractivity contribution in [2.24, 2.45) is 10.4 Å². The number of nitrogens with zero attached hydrogens (tertiary/aromatic N) is 2. The summed E-state index contributed by atoms with van der Waals surface area (Å²) in [6.07, 6.45) is 1.16. The number of benzene rings is 1. The van der Waals surface area contributed by atoms with E-state index < -0.39 is 18.3 Å². The van der Waals surface area contributed by atoms with Gasteiger partial charge in [-0.1, -0.05) is 30.9 Å². The van der Waals surface area contributed by atoms with Crippen LogP contribution in [0.4, 0.5) is 15.3 Å². The third kappa shape index (κ3) is 9.33. The molecule has 10 nitrogen and oxygen atoms in total. The molecule has 0 saturated carbocycles. The molecule has 2 N–H and O–H groups in total. The number of carbonyl (C=O) groups is 2. The third-order valence-corrected chi connectivity index (χ3v) is 4.21. The second-order valence-electron chi connectivity index (χ2n) is 6.98. The lowest BCUT2D eigenvalue weighted by atomic mass is 10.1. The molecule has 1 aromatic rings. The van der Waals surface area contributed by atoms with Crippen LogP contribution in [0.15, 0.2) is 64.1 Å². The lowest BCUT2D eigenvalue weighted by molar-refractivity contribution is 0.0534. The molecule has 0 spiro atoms. The summed E-state index contributed by atoms with van der Waals surface area (Å²) in [5, 5.41) is 10.9. The minimum Gasteiger partial charge on any atom is -0.446 e. The van der Waals surface area contributed by atoms with Gasteiger partial charge in [0.1, 0.15) is 24.1 Å². The van der Waals surface area contributed by atoms with Crippen molar-refractivity contribution < 1.29 is 19.1 Å². The summed E-state index contributed by atoms with van der Waals surface area (Å²) < 4.78 is 10.1. The molecular formula is C22H28N4O6. The molecule has 10 heteroatoms. The van der Waals surface area contributed by atoms with E-state index in [0.717, 1.165) is 5.56 Å². The Kier molecular flexibility index (Phi) is 11.0. The first kappa shape index (κ1) is 26.2. The molecule has 1 aromatic carbocycles. The van der Waals surface area contributed by atoms with E-state index in [2.05, 4.69) is 27.6 Å². The van der Waals surface area contributed by atoms with Crippen LogP contribution in [0.3, 0.4) is 0 Å². The summed E-state index contributed by atoms with van der Waals surface area (Å²) >= 11 is 0. The van der Waals surface area contributed by atoms with Gasteiger partial charge in [0.05, 0.1) is 0 Å². The van der Waals surface area contributed by atoms with Crippen LogP contribution < -0.4 is 10.6 Å². The molecule has 0 aliphatic carbocycles. The van der Waals surface area contributed by atoms with E-state index in [0.29, 0.717) is 28.1 Å². The minimum atomic E-state index is -0.701. The molecule has 0 aliphatic rings. The van der Waals surface area contributed by atoms with Gasteiger partial charge < -0.3 is 20.1 Å². The van der Waals surface area contributed by atoms with Crippen molar-refractivity contribution in [3.05, 3.63) is 74.7 Å². The summed E-state index contributed by atoms with van der Waals surface area (Å²) in [5.74, 6) is 0. The molecule has 0 bridgehead atoms. The Labute approximate surface area is 186 Å². The van der Waals surface area contributed by atoms with Crippen molar-refractivity contribution in [1.82, 2.24) is 10.6 Å². The van der Waals surface area contributed by atoms with E-state index in [1.165, 1.54) is 0 Å². The molecule has 0 aliphatic heterocycles. The summed E-state index contributed by atoms with van der Waals surface area (Å²) in [4.78, 5) is 45.0. The van der Waals surface area contributed by atoms with Crippen LogP contribution in [-0.4, -0.2) is 31.4 Å². The summed E-state index contributed by atoms with van der Waals surface area (Å²) in [6, 6.07) is 5.00. The smallest absolute Gasteiger partial charge is 0.407 e. The number of hydrogen-bond acceptors (Lipinski definition) is 8. The molecule has 0 saturated heterocycles. The van der Waals surface area contributed by atoms with E-state index in [1.54, 1.807) is 58.0 Å². The van der Waals surface area contributed by atoms with Crippen LogP contribution in [0.5, 0.6) is 0 Å². The van der Waals surface area contributed by atoms with E-state index in [9.17, 15) is 19.4 Å². The number of aryl methyl sites for hydroxylation is 1. The topological polar surface area (TPSA) is 136 Å². The van der Waals surface area contributed by atoms with Gasteiger partial charge in [-0.05, 0) is 66.4 Å². The average Bonchev–Trinajstić information content (AvgIpc) is 2.75. The van der Waals surface area contributed by atoms with Crippen LogP contribution in [0, 0.1) is 16.7 Å². The Morgan fingerprint density at radius 2 is 1.94 bits per heavy atom. The van der Waals surface area contributed by atoms with Gasteiger partial charge in [-0.25, -0.2) is 9.59 Å². The van der Waals surface area contributed by atoms with Crippen LogP contribution in [0.25, 0.3) is 0 Å². The predicted molar refractivity (Wildman–Crippen MR) is 121 cm³/mol. The van der Waals surface area contributed by atoms with Crippen molar-refractivity contribution in [3.8, 4) is 0 Å². The molecule has 0 fully saturated rings. The highest BCUT2D eigenvalue weighted by molar-refractivity contribution is 5.68. The van der Waals surface area contributed by atoms with Gasteiger partial charge in [0.25, 0.3) is 0 Å². The van der Waals surface area contributed by atoms with Crippen molar-refractivity contribution in [1.29, 1.82) is 0 Å². The molecule has 1 unspecified atom stereocenters. The zero-order chi connectivity index (χ0) is 24.1. The summed E-state index contributed by atoms with van der Waals surface area (Å²) in [6.45, 7) is 10.7. The van der Waals surface area contributed by atoms with Gasteiger partial charge >= 0.3 is 12.2 Å². The first-order valence-electron chi connectivity index (χ1n) is 9.84. The van der Waals surface area contributed by atoms with Gasteiger partial charge in [0, 0.05) is 13.1 Å². The molecule has 172 valence electrons. The van der Waals surface area contributed by atoms with Gasteiger partial charge in [0.2, 0.25) is 0 Å². The maximum Gasteiger partial charge on any atom is 0.407 e. The molecule has 1 atom stereocenters. The lowest BCUT2D eigenvalue weighted by Gasteiger charge is -2.15. The molecular weight excluding hydrogens is 416 g/mol. The average molecular weight is 444 g/mol. The van der Waals surface area contributed by atoms with Crippen molar-refractivity contribution in [2.45, 2.75) is 40.3 Å². The largest absolute Gasteiger partial charge is 0.446 e. The van der Waals surface area contributed by atoms with Gasteiger partial charge in [0.15, 0.2) is 0 Å². The number of allylic oxidation sites excluding steroid dienone is 2. The number of alkyl carbamates (subject to hydrolysis) is 2. The number of ether oxygens (including phenoxy) is 2. The Morgan fingerprint density at radius 3 is 2.53 bits per heavy atom. The first-order valence-corrected chi connectivity index (χ1v) is 9.84. The standard InChI is InChI=1S/C22H28N4O6/c1-6-19(25-29)15(3)9-14(2)11-23-22(28)32-17(5)13-31-21(27)24-12-18-7-8-20(26-30)16(4)10-18/h6-10,17H,2,11-13H2,1,3-5H3,(H,23,28)(H,24,27)/b15-9-,19-6+. The number of carbonyl (C=O) groups excluding carboxylic acids is 2. The molecule has 1 rings (SSSR count). The van der Waals surface area contributed by atoms with Crippen LogP contribution >= 0.6 is 0 Å². The number of nitrogens with one attached hydrogen (secondary N) is 2. The molecule has 0 heterocycles. The predicted octanol–water partition coefficient (Wildman–Crippen LogP) is 4.91. The highest BCUT2D eigenvalue weighted by Gasteiger charge is 2.12. The Hall–Kier alpha value is -3.82. The normalized spacial score (nSPS) is 12.4. The van der Waals surface area contributed by atoms with Gasteiger partial charge in [-0.3, -0.25) is 0 Å². The van der Waals surface area contributed by atoms with Crippen LogP contribution in [-0.2, 0) is 16.0 Å². The quantitative estimate of drug-likeness (QED) is 0.368. The molecule has 32 heavy (non-hydrogen) atoms. The van der Waals surface area contributed by atoms with E-state index >= 15 is 0 Å². The fourth-order valence-electron chi connectivity index (χ4n) is 2.58. The molecule has 2 amide bonds. The number of hydrogen-bond donors (Lipinski definition) is 2. The van der Waals surface area contributed by atoms with Crippen LogP contribution in [0.2, 0.25) is 0 Å². The van der Waals surface area contributed by atoms with E-state index in [1.807, 2.05) is 0 Å². The number of nitroso groups, excluding NO2 is 2. The Balaban J connectivity index is 2.34. The first-order chi connectivity index (χ1) is 15.2. The monoisotopic (exact) mass is 444 g/mol. The number of rotatable bonds is 11. The fourth-order valence-corrected chi connectivity index (χ4v) is 2.58. The fraction of sp³-hybridized carbons (Fsp3) is 0.364. The van der Waals surface area contributed by atoms with Crippen molar-refractivity contribution in [3.63, 3.8) is 0 Å². The zero-order valence-electron chi connectivity index (χ0n) is 18.6. The van der Waals surface area contributed by atoms with Crippen molar-refractivity contribution in [2.75, 3.05) is 13.2 Å². The molecule has 0 radical (unpaired) electrons. The second-order valence-corrected chi connectivity index (χ2v) is 6.98. The Bertz CT molecular complexity index is 923.